The quantitative estimate of drug-likeness (QED) is 0.106. The Balaban J connectivity index is 0.000000204. The lowest BCUT2D eigenvalue weighted by molar-refractivity contribution is -0.742. The van der Waals surface area contributed by atoms with Crippen LogP contribution in [0.15, 0.2) is 66.8 Å². The Labute approximate surface area is 356 Å². The molecule has 3 aromatic rings. The van der Waals surface area contributed by atoms with E-state index in [4.69, 9.17) is 71.2 Å². The van der Waals surface area contributed by atoms with Crippen molar-refractivity contribution in [2.75, 3.05) is 6.61 Å². The zero-order chi connectivity index (χ0) is 42.6. The highest BCUT2D eigenvalue weighted by atomic mass is 35.5. The second-order valence-corrected chi connectivity index (χ2v) is 17.6. The largest absolute Gasteiger partial charge is 0.458 e. The molecule has 4 aliphatic rings. The fourth-order valence-corrected chi connectivity index (χ4v) is 10.8. The maximum Gasteiger partial charge on any atom is 0.303 e. The molecule has 0 saturated heterocycles. The average molecular weight is 884 g/mol. The number of allylic oxidation sites excluding steroid dienone is 1. The molecule has 3 fully saturated rings. The number of aromatic nitrogens is 2. The SMILES string of the molecule is CC(=O)OCC(=O)[C@@]1(O)CC[C@H]2[C@@H]3CCC4=CC(=O)CC[C@]4(C)[C@H]3[C@@H](O)C[C@@]21C.Clc1ccc(COC(Cn2ccnc2)c2ccc(Cl)cc2Cl)c(Cl)c1.O=[N+]([O-])O. The van der Waals surface area contributed by atoms with E-state index in [2.05, 4.69) is 11.9 Å². The van der Waals surface area contributed by atoms with Crippen LogP contribution in [0.25, 0.3) is 0 Å². The first kappa shape index (κ1) is 45.5. The molecule has 58 heavy (non-hydrogen) atoms. The number of hydrogen-bond acceptors (Lipinski definition) is 10. The van der Waals surface area contributed by atoms with E-state index < -0.39 is 40.6 Å². The van der Waals surface area contributed by atoms with Gasteiger partial charge in [0.1, 0.15) is 11.7 Å². The van der Waals surface area contributed by atoms with E-state index >= 15 is 0 Å². The molecule has 8 atom stereocenters. The topological polar surface area (TPSA) is 191 Å². The molecule has 0 radical (unpaired) electrons. The summed E-state index contributed by atoms with van der Waals surface area (Å²) < 4.78 is 12.9. The molecule has 0 aliphatic heterocycles. The number of aliphatic hydroxyl groups is 2. The van der Waals surface area contributed by atoms with E-state index in [9.17, 15) is 24.6 Å². The minimum absolute atomic E-state index is 0.0413. The number of carbonyl (C=O) groups is 3. The van der Waals surface area contributed by atoms with Gasteiger partial charge in [-0.25, -0.2) is 4.98 Å². The Morgan fingerprint density at radius 2 is 1.72 bits per heavy atom. The van der Waals surface area contributed by atoms with Crippen molar-refractivity contribution >= 4 is 63.9 Å². The number of Topliss-reactive ketones (excluding diaryl/α,β-unsaturated/α-hetero) is 1. The number of ether oxygens (including phenoxy) is 2. The zero-order valence-electron chi connectivity index (χ0n) is 32.3. The van der Waals surface area contributed by atoms with Crippen LogP contribution in [-0.2, 0) is 37.0 Å². The van der Waals surface area contributed by atoms with E-state index in [0.29, 0.717) is 52.5 Å². The van der Waals surface area contributed by atoms with E-state index in [1.807, 2.05) is 29.8 Å². The van der Waals surface area contributed by atoms with E-state index in [-0.39, 0.29) is 35.1 Å². The highest BCUT2D eigenvalue weighted by molar-refractivity contribution is 6.35. The van der Waals surface area contributed by atoms with Crippen LogP contribution >= 0.6 is 46.4 Å². The second-order valence-electron chi connectivity index (χ2n) is 15.9. The molecule has 1 unspecified atom stereocenters. The number of esters is 1. The Morgan fingerprint density at radius 3 is 2.34 bits per heavy atom. The molecular formula is C41H47Cl4N3O10. The van der Waals surface area contributed by atoms with Gasteiger partial charge in [-0.05, 0) is 97.6 Å². The maximum atomic E-state index is 12.9. The first-order valence-electron chi connectivity index (χ1n) is 18.9. The second kappa shape index (κ2) is 18.8. The molecule has 1 heterocycles. The molecule has 314 valence electrons. The summed E-state index contributed by atoms with van der Waals surface area (Å²) in [4.78, 5) is 48.4. The summed E-state index contributed by atoms with van der Waals surface area (Å²) in [5.74, 6) is -0.462. The van der Waals surface area contributed by atoms with Crippen LogP contribution in [-0.4, -0.2) is 65.9 Å². The smallest absolute Gasteiger partial charge is 0.303 e. The molecule has 7 rings (SSSR count). The molecule has 3 N–H and O–H groups in total. The summed E-state index contributed by atoms with van der Waals surface area (Å²) in [5, 5.41) is 38.7. The van der Waals surface area contributed by atoms with Gasteiger partial charge in [0.2, 0.25) is 5.78 Å². The van der Waals surface area contributed by atoms with Crippen LogP contribution in [0.3, 0.4) is 0 Å². The van der Waals surface area contributed by atoms with Gasteiger partial charge in [0.25, 0.3) is 5.09 Å². The van der Waals surface area contributed by atoms with Crippen molar-refractivity contribution in [1.29, 1.82) is 0 Å². The highest BCUT2D eigenvalue weighted by Gasteiger charge is 2.68. The molecule has 17 heteroatoms. The number of ketones is 2. The van der Waals surface area contributed by atoms with Crippen LogP contribution in [0.4, 0.5) is 0 Å². The standard InChI is InChI=1S/C23H32O6.C18H14Cl4N2O.HNO3/c1-13(24)29-12-19(27)23(28)9-7-17-16-5-4-14-10-15(25)6-8-21(14,2)20(16)18(26)11-22(17,23)3;19-13-2-1-12(16(21)7-13)10-25-18(9-24-6-5-23-11-24)15-4-3-14(20)8-17(15)22;2-1(3)4/h10,16-18,20,26,28H,4-9,11-12H2,1-3H3;1-8,11,18H,9-10H2;(H,2,3,4)/t16-,17-,18-,20+,21-,22-,23-;;/m0../s1. The van der Waals surface area contributed by atoms with Gasteiger partial charge in [-0.1, -0.05) is 78.0 Å². The summed E-state index contributed by atoms with van der Waals surface area (Å²) in [6.07, 6.45) is 10.6. The fourth-order valence-electron chi connectivity index (χ4n) is 9.86. The highest BCUT2D eigenvalue weighted by Crippen LogP contribution is 2.67. The number of halogens is 4. The number of carbonyl (C=O) groups excluding carboxylic acids is 3. The normalized spacial score (nSPS) is 28.8. The number of aliphatic hydroxyl groups excluding tert-OH is 1. The van der Waals surface area contributed by atoms with Crippen molar-refractivity contribution in [2.24, 2.45) is 28.6 Å². The molecule has 1 aromatic heterocycles. The molecule has 0 amide bonds. The third kappa shape index (κ3) is 9.89. The van der Waals surface area contributed by atoms with Gasteiger partial charge in [0, 0.05) is 56.8 Å². The van der Waals surface area contributed by atoms with Gasteiger partial charge >= 0.3 is 5.97 Å². The molecule has 13 nitrogen and oxygen atoms in total. The van der Waals surface area contributed by atoms with Crippen molar-refractivity contribution in [3.8, 4) is 0 Å². The minimum Gasteiger partial charge on any atom is -0.458 e. The van der Waals surface area contributed by atoms with E-state index in [0.717, 1.165) is 42.4 Å². The summed E-state index contributed by atoms with van der Waals surface area (Å²) in [6, 6.07) is 10.7. The molecule has 0 spiro atoms. The van der Waals surface area contributed by atoms with Crippen molar-refractivity contribution in [2.45, 2.75) is 96.7 Å². The van der Waals surface area contributed by atoms with Crippen LogP contribution in [0.2, 0.25) is 20.1 Å². The number of rotatable bonds is 9. The van der Waals surface area contributed by atoms with E-state index in [1.165, 1.54) is 6.92 Å². The van der Waals surface area contributed by atoms with Crippen LogP contribution in [0.1, 0.15) is 82.9 Å². The Morgan fingerprint density at radius 1 is 1.05 bits per heavy atom. The molecule has 2 aromatic carbocycles. The number of nitrogens with zero attached hydrogens (tertiary/aromatic N) is 3. The summed E-state index contributed by atoms with van der Waals surface area (Å²) in [7, 11) is 0. The lowest BCUT2D eigenvalue weighted by atomic mass is 9.45. The average Bonchev–Trinajstić information content (AvgIpc) is 3.75. The summed E-state index contributed by atoms with van der Waals surface area (Å²) in [5.41, 5.74) is 0.347. The van der Waals surface area contributed by atoms with Crippen LogP contribution < -0.4 is 0 Å². The van der Waals surface area contributed by atoms with E-state index in [1.54, 1.807) is 42.9 Å². The number of benzene rings is 2. The van der Waals surface area contributed by atoms with Gasteiger partial charge in [-0.2, -0.15) is 0 Å². The lowest BCUT2D eigenvalue weighted by Gasteiger charge is -2.60. The van der Waals surface area contributed by atoms with Crippen molar-refractivity contribution in [1.82, 2.24) is 9.55 Å². The molecule has 3 saturated carbocycles. The Hall–Kier alpha value is -3.56. The monoisotopic (exact) mass is 881 g/mol. The Bertz CT molecular complexity index is 2030. The zero-order valence-corrected chi connectivity index (χ0v) is 35.3. The lowest BCUT2D eigenvalue weighted by Crippen LogP contribution is -2.62. The Kier molecular flexibility index (Phi) is 14.7. The first-order chi connectivity index (χ1) is 27.3. The van der Waals surface area contributed by atoms with Gasteiger partial charge in [0.15, 0.2) is 12.4 Å². The third-order valence-electron chi connectivity index (χ3n) is 12.6. The van der Waals surface area contributed by atoms with Gasteiger partial charge in [-0.15, -0.1) is 10.1 Å². The van der Waals surface area contributed by atoms with Gasteiger partial charge < -0.3 is 29.5 Å². The number of fused-ring (bicyclic) bond motifs is 5. The number of imidazole rings is 1. The summed E-state index contributed by atoms with van der Waals surface area (Å²) >= 11 is 24.5. The molecule has 4 aliphatic carbocycles. The van der Waals surface area contributed by atoms with Gasteiger partial charge in [0.05, 0.1) is 25.6 Å². The van der Waals surface area contributed by atoms with Crippen LogP contribution in [0.5, 0.6) is 0 Å². The molecule has 0 bridgehead atoms. The summed E-state index contributed by atoms with van der Waals surface area (Å²) in [6.45, 7) is 5.81. The van der Waals surface area contributed by atoms with Crippen molar-refractivity contribution in [3.05, 3.63) is 108 Å². The first-order valence-corrected chi connectivity index (χ1v) is 20.4. The van der Waals surface area contributed by atoms with Gasteiger partial charge in [-0.3, -0.25) is 14.4 Å². The maximum absolute atomic E-state index is 12.9. The molecular weight excluding hydrogens is 836 g/mol. The van der Waals surface area contributed by atoms with Crippen LogP contribution in [0, 0.1) is 38.7 Å². The predicted octanol–water partition coefficient (Wildman–Crippen LogP) is 8.46. The third-order valence-corrected chi connectivity index (χ3v) is 13.8. The minimum atomic E-state index is -1.58. The predicted molar refractivity (Wildman–Crippen MR) is 216 cm³/mol. The fraction of sp³-hybridized carbons (Fsp3) is 0.512. The van der Waals surface area contributed by atoms with Crippen molar-refractivity contribution in [3.63, 3.8) is 0 Å². The van der Waals surface area contributed by atoms with Crippen molar-refractivity contribution < 1.29 is 44.4 Å². The number of hydrogen-bond donors (Lipinski definition) is 3.